The van der Waals surface area contributed by atoms with Crippen molar-refractivity contribution in [3.8, 4) is 5.75 Å². The molecule has 0 saturated carbocycles. The molecule has 1 heterocycles. The highest BCUT2D eigenvalue weighted by Crippen LogP contribution is 2.35. The molecule has 0 bridgehead atoms. The number of rotatable bonds is 3. The molecule has 3 nitrogen and oxygen atoms in total. The Morgan fingerprint density at radius 3 is 2.35 bits per heavy atom. The van der Waals surface area contributed by atoms with E-state index in [-0.39, 0.29) is 0 Å². The first-order valence-electron chi connectivity index (χ1n) is 4.17. The van der Waals surface area contributed by atoms with Crippen molar-refractivity contribution in [2.45, 2.75) is 19.3 Å². The molecule has 0 amide bonds. The number of nitrogens with zero attached hydrogens (tertiary/aromatic N) is 1. The van der Waals surface area contributed by atoms with Crippen LogP contribution in [-0.2, 0) is 6.54 Å². The number of ether oxygens (including phenoxy) is 1. The van der Waals surface area contributed by atoms with E-state index >= 15 is 0 Å². The Morgan fingerprint density at radius 1 is 1.35 bits per heavy atom. The van der Waals surface area contributed by atoms with E-state index in [0.717, 1.165) is 0 Å². The molecule has 0 radical (unpaired) electrons. The van der Waals surface area contributed by atoms with Crippen LogP contribution >= 0.6 is 0 Å². The summed E-state index contributed by atoms with van der Waals surface area (Å²) in [6.45, 7) is -0.538. The minimum absolute atomic E-state index is 0.400. The molecule has 0 aromatic carbocycles. The Labute approximate surface area is 91.2 Å². The van der Waals surface area contributed by atoms with Gasteiger partial charge in [0.05, 0.1) is 11.3 Å². The number of nitrogens with two attached hydrogens (primary N) is 1. The Bertz CT molecular complexity index is 406. The molecule has 0 aliphatic carbocycles. The highest BCUT2D eigenvalue weighted by Gasteiger charge is 2.35. The van der Waals surface area contributed by atoms with Crippen molar-refractivity contribution in [3.63, 3.8) is 0 Å². The van der Waals surface area contributed by atoms with Gasteiger partial charge in [0.15, 0.2) is 11.6 Å². The second-order valence-corrected chi connectivity index (χ2v) is 2.86. The molecule has 1 rings (SSSR count). The monoisotopic (exact) mass is 260 g/mol. The molecule has 1 aromatic heterocycles. The molecule has 0 aliphatic heterocycles. The Balaban J connectivity index is 3.30. The topological polar surface area (TPSA) is 48.1 Å². The van der Waals surface area contributed by atoms with E-state index in [9.17, 15) is 26.3 Å². The predicted molar refractivity (Wildman–Crippen MR) is 43.7 cm³/mol. The molecular weight excluding hydrogens is 254 g/mol. The van der Waals surface area contributed by atoms with E-state index in [0.29, 0.717) is 6.20 Å². The summed E-state index contributed by atoms with van der Waals surface area (Å²) in [5.74, 6) is -3.23. The number of alkyl halides is 5. The predicted octanol–water partition coefficient (Wildman–Crippen LogP) is 2.52. The van der Waals surface area contributed by atoms with Gasteiger partial charge in [-0.15, -0.1) is 13.2 Å². The van der Waals surface area contributed by atoms with Crippen molar-refractivity contribution in [1.82, 2.24) is 4.98 Å². The molecule has 17 heavy (non-hydrogen) atoms. The third-order valence-corrected chi connectivity index (χ3v) is 1.72. The maximum absolute atomic E-state index is 13.3. The molecule has 9 heteroatoms. The first kappa shape index (κ1) is 13.6. The fraction of sp³-hybridized carbons (Fsp3) is 0.375. The summed E-state index contributed by atoms with van der Waals surface area (Å²) in [4.78, 5) is 3.18. The lowest BCUT2D eigenvalue weighted by molar-refractivity contribution is -0.276. The standard InChI is InChI=1S/C8H6F6N2O/c9-5-4(1-15)16-2-3(7(10)11)6(5)17-8(12,13)14/h2,7H,1,15H2. The van der Waals surface area contributed by atoms with Crippen molar-refractivity contribution in [2.24, 2.45) is 5.73 Å². The molecule has 0 spiro atoms. The second kappa shape index (κ2) is 4.78. The maximum Gasteiger partial charge on any atom is 0.573 e. The van der Waals surface area contributed by atoms with Crippen LogP contribution in [0.25, 0.3) is 0 Å². The Kier molecular flexibility index (Phi) is 3.81. The van der Waals surface area contributed by atoms with Gasteiger partial charge >= 0.3 is 6.36 Å². The average Bonchev–Trinajstić information content (AvgIpc) is 2.18. The Morgan fingerprint density at radius 2 is 1.94 bits per heavy atom. The summed E-state index contributed by atoms with van der Waals surface area (Å²) in [6.07, 6.45) is -8.23. The zero-order chi connectivity index (χ0) is 13.2. The maximum atomic E-state index is 13.3. The molecule has 1 aromatic rings. The van der Waals surface area contributed by atoms with Gasteiger partial charge in [0.2, 0.25) is 0 Å². The van der Waals surface area contributed by atoms with Gasteiger partial charge in [0, 0.05) is 12.7 Å². The van der Waals surface area contributed by atoms with Crippen molar-refractivity contribution in [1.29, 1.82) is 0 Å². The van der Waals surface area contributed by atoms with Gasteiger partial charge in [-0.25, -0.2) is 13.2 Å². The smallest absolute Gasteiger partial charge is 0.402 e. The molecular formula is C8H6F6N2O. The summed E-state index contributed by atoms with van der Waals surface area (Å²) in [5.41, 5.74) is 3.11. The van der Waals surface area contributed by atoms with Gasteiger partial charge in [0.1, 0.15) is 0 Å². The highest BCUT2D eigenvalue weighted by atomic mass is 19.4. The third kappa shape index (κ3) is 3.22. The summed E-state index contributed by atoms with van der Waals surface area (Å²) >= 11 is 0. The van der Waals surface area contributed by atoms with E-state index in [1.165, 1.54) is 0 Å². The number of pyridine rings is 1. The lowest BCUT2D eigenvalue weighted by Gasteiger charge is -2.14. The fourth-order valence-electron chi connectivity index (χ4n) is 1.04. The van der Waals surface area contributed by atoms with E-state index in [1.807, 2.05) is 0 Å². The number of hydrogen-bond donors (Lipinski definition) is 1. The molecule has 2 N–H and O–H groups in total. The molecule has 0 atom stereocenters. The molecule has 96 valence electrons. The van der Waals surface area contributed by atoms with Gasteiger partial charge in [-0.2, -0.15) is 0 Å². The van der Waals surface area contributed by atoms with Crippen LogP contribution in [0.15, 0.2) is 6.20 Å². The van der Waals surface area contributed by atoms with Crippen molar-refractivity contribution < 1.29 is 31.1 Å². The number of aromatic nitrogens is 1. The van der Waals surface area contributed by atoms with E-state index in [1.54, 1.807) is 0 Å². The first-order chi connectivity index (χ1) is 7.76. The number of halogens is 6. The fourth-order valence-corrected chi connectivity index (χ4v) is 1.04. The van der Waals surface area contributed by atoms with Gasteiger partial charge in [-0.05, 0) is 0 Å². The third-order valence-electron chi connectivity index (χ3n) is 1.72. The van der Waals surface area contributed by atoms with Crippen LogP contribution in [0.1, 0.15) is 17.7 Å². The van der Waals surface area contributed by atoms with E-state index in [2.05, 4.69) is 9.72 Å². The minimum Gasteiger partial charge on any atom is -0.402 e. The van der Waals surface area contributed by atoms with E-state index in [4.69, 9.17) is 5.73 Å². The van der Waals surface area contributed by atoms with Crippen LogP contribution in [0.3, 0.4) is 0 Å². The van der Waals surface area contributed by atoms with Gasteiger partial charge < -0.3 is 10.5 Å². The minimum atomic E-state index is -5.28. The van der Waals surface area contributed by atoms with Crippen LogP contribution in [-0.4, -0.2) is 11.3 Å². The zero-order valence-electron chi connectivity index (χ0n) is 8.06. The zero-order valence-corrected chi connectivity index (χ0v) is 8.06. The lowest BCUT2D eigenvalue weighted by Crippen LogP contribution is -2.20. The van der Waals surface area contributed by atoms with Gasteiger partial charge in [-0.1, -0.05) is 0 Å². The Hall–Kier alpha value is -1.51. The molecule has 0 fully saturated rings. The summed E-state index contributed by atoms with van der Waals surface area (Å²) in [6, 6.07) is 0. The quantitative estimate of drug-likeness (QED) is 0.849. The van der Waals surface area contributed by atoms with Gasteiger partial charge in [0.25, 0.3) is 6.43 Å². The first-order valence-corrected chi connectivity index (χ1v) is 4.17. The summed E-state index contributed by atoms with van der Waals surface area (Å²) < 4.78 is 77.0. The highest BCUT2D eigenvalue weighted by molar-refractivity contribution is 5.36. The van der Waals surface area contributed by atoms with Crippen LogP contribution < -0.4 is 10.5 Å². The lowest BCUT2D eigenvalue weighted by atomic mass is 10.2. The van der Waals surface area contributed by atoms with Crippen LogP contribution in [0.5, 0.6) is 5.75 Å². The SMILES string of the molecule is NCc1ncc(C(F)F)c(OC(F)(F)F)c1F. The van der Waals surface area contributed by atoms with Crippen molar-refractivity contribution in [2.75, 3.05) is 0 Å². The van der Waals surface area contributed by atoms with Crippen LogP contribution in [0.4, 0.5) is 26.3 Å². The van der Waals surface area contributed by atoms with Crippen molar-refractivity contribution in [3.05, 3.63) is 23.3 Å². The van der Waals surface area contributed by atoms with Crippen LogP contribution in [0, 0.1) is 5.82 Å². The largest absolute Gasteiger partial charge is 0.573 e. The van der Waals surface area contributed by atoms with Gasteiger partial charge in [-0.3, -0.25) is 4.98 Å². The molecule has 0 unspecified atom stereocenters. The molecule has 0 saturated heterocycles. The number of hydrogen-bond acceptors (Lipinski definition) is 3. The molecule has 0 aliphatic rings. The van der Waals surface area contributed by atoms with Crippen LogP contribution in [0.2, 0.25) is 0 Å². The normalized spacial score (nSPS) is 12.0. The summed E-state index contributed by atoms with van der Waals surface area (Å²) in [7, 11) is 0. The van der Waals surface area contributed by atoms with Crippen molar-refractivity contribution >= 4 is 0 Å². The van der Waals surface area contributed by atoms with E-state index < -0.39 is 42.2 Å². The average molecular weight is 260 g/mol. The second-order valence-electron chi connectivity index (χ2n) is 2.86. The summed E-state index contributed by atoms with van der Waals surface area (Å²) in [5, 5.41) is 0.